The molecule has 25 heavy (non-hydrogen) atoms. The number of carbonyl (C=O) groups is 1. The Hall–Kier alpha value is -2.44. The van der Waals surface area contributed by atoms with Crippen LogP contribution >= 0.6 is 11.6 Å². The predicted molar refractivity (Wildman–Crippen MR) is 95.7 cm³/mol. The largest absolute Gasteiger partial charge is 0.455 e. The Morgan fingerprint density at radius 1 is 1.16 bits per heavy atom. The second kappa shape index (κ2) is 8.09. The smallest absolute Gasteiger partial charge is 0.287 e. The van der Waals surface area contributed by atoms with Crippen LogP contribution in [0.1, 0.15) is 22.0 Å². The molecule has 0 aliphatic rings. The molecule has 1 aromatic carbocycles. The van der Waals surface area contributed by atoms with E-state index in [9.17, 15) is 9.00 Å². The molecule has 1 amide bonds. The van der Waals surface area contributed by atoms with Crippen LogP contribution in [0.15, 0.2) is 70.1 Å². The second-order valence-corrected chi connectivity index (χ2v) is 7.10. The van der Waals surface area contributed by atoms with Crippen molar-refractivity contribution >= 4 is 28.3 Å². The predicted octanol–water partition coefficient (Wildman–Crippen LogP) is 3.57. The lowest BCUT2D eigenvalue weighted by Crippen LogP contribution is -2.22. The maximum atomic E-state index is 12.3. The molecule has 7 heteroatoms. The molecule has 1 unspecified atom stereocenters. The summed E-state index contributed by atoms with van der Waals surface area (Å²) in [5.74, 6) is 0.481. The molecule has 0 fully saturated rings. The van der Waals surface area contributed by atoms with Gasteiger partial charge in [-0.2, -0.15) is 0 Å². The van der Waals surface area contributed by atoms with Gasteiger partial charge in [0.15, 0.2) is 5.76 Å². The third-order valence-electron chi connectivity index (χ3n) is 3.37. The molecule has 0 aliphatic heterocycles. The van der Waals surface area contributed by atoms with Crippen LogP contribution in [0.5, 0.6) is 0 Å². The van der Waals surface area contributed by atoms with Crippen molar-refractivity contribution in [3.8, 4) is 0 Å². The van der Waals surface area contributed by atoms with Gasteiger partial charge in [0.05, 0.1) is 28.8 Å². The Labute approximate surface area is 152 Å². The van der Waals surface area contributed by atoms with Crippen molar-refractivity contribution in [2.45, 2.75) is 17.2 Å². The molecule has 3 aromatic rings. The molecule has 3 rings (SSSR count). The number of hydrogen-bond acceptors (Lipinski definition) is 4. The number of halogens is 1. The molecule has 0 bridgehead atoms. The van der Waals surface area contributed by atoms with Crippen molar-refractivity contribution in [1.82, 2.24) is 10.3 Å². The van der Waals surface area contributed by atoms with Crippen LogP contribution in [0, 0.1) is 0 Å². The molecular weight excluding hydrogens is 360 g/mol. The van der Waals surface area contributed by atoms with Crippen molar-refractivity contribution in [2.24, 2.45) is 0 Å². The molecule has 0 saturated carbocycles. The summed E-state index contributed by atoms with van der Waals surface area (Å²) in [6.07, 6.45) is 1.66. The zero-order valence-electron chi connectivity index (χ0n) is 13.1. The number of nitrogens with one attached hydrogen (secondary N) is 1. The molecule has 128 valence electrons. The van der Waals surface area contributed by atoms with E-state index in [4.69, 9.17) is 16.0 Å². The topological polar surface area (TPSA) is 72.2 Å². The summed E-state index contributed by atoms with van der Waals surface area (Å²) in [6, 6.07) is 15.6. The van der Waals surface area contributed by atoms with Gasteiger partial charge >= 0.3 is 0 Å². The van der Waals surface area contributed by atoms with E-state index in [0.29, 0.717) is 22.2 Å². The van der Waals surface area contributed by atoms with Gasteiger partial charge in [-0.15, -0.1) is 0 Å². The van der Waals surface area contributed by atoms with Crippen molar-refractivity contribution in [2.75, 3.05) is 0 Å². The minimum Gasteiger partial charge on any atom is -0.455 e. The number of aromatic nitrogens is 1. The number of amides is 1. The van der Waals surface area contributed by atoms with Crippen LogP contribution in [-0.4, -0.2) is 15.1 Å². The lowest BCUT2D eigenvalue weighted by atomic mass is 10.3. The first kappa shape index (κ1) is 17.4. The second-order valence-electron chi connectivity index (χ2n) is 5.22. The van der Waals surface area contributed by atoms with Crippen LogP contribution in [0.2, 0.25) is 5.02 Å². The highest BCUT2D eigenvalue weighted by Gasteiger charge is 2.14. The summed E-state index contributed by atoms with van der Waals surface area (Å²) in [5, 5.41) is 3.26. The van der Waals surface area contributed by atoms with Gasteiger partial charge in [-0.25, -0.2) is 0 Å². The number of carbonyl (C=O) groups excluding carboxylic acids is 1. The van der Waals surface area contributed by atoms with Gasteiger partial charge in [-0.05, 0) is 42.5 Å². The van der Waals surface area contributed by atoms with E-state index >= 15 is 0 Å². The molecule has 5 nitrogen and oxygen atoms in total. The average molecular weight is 375 g/mol. The molecule has 1 N–H and O–H groups in total. The van der Waals surface area contributed by atoms with Crippen LogP contribution in [0.4, 0.5) is 0 Å². The van der Waals surface area contributed by atoms with E-state index in [1.807, 2.05) is 18.2 Å². The number of nitrogens with zero attached hydrogens (tertiary/aromatic N) is 1. The summed E-state index contributed by atoms with van der Waals surface area (Å²) >= 11 is 5.91. The van der Waals surface area contributed by atoms with Gasteiger partial charge in [0, 0.05) is 16.1 Å². The quantitative estimate of drug-likeness (QED) is 0.716. The van der Waals surface area contributed by atoms with E-state index in [-0.39, 0.29) is 17.4 Å². The van der Waals surface area contributed by atoms with E-state index in [0.717, 1.165) is 5.69 Å². The fourth-order valence-electron chi connectivity index (χ4n) is 2.16. The molecule has 2 aromatic heterocycles. The first-order valence-corrected chi connectivity index (χ1v) is 9.22. The van der Waals surface area contributed by atoms with Gasteiger partial charge < -0.3 is 9.73 Å². The van der Waals surface area contributed by atoms with Gasteiger partial charge in [0.25, 0.3) is 5.91 Å². The minimum absolute atomic E-state index is 0.174. The standard InChI is InChI=1S/C18H15ClN2O3S/c19-13-4-3-6-16(10-13)25(23)12-15-7-8-17(24-15)18(22)21-11-14-5-1-2-9-20-14/h1-10H,11-12H2,(H,21,22). The monoisotopic (exact) mass is 374 g/mol. The Morgan fingerprint density at radius 3 is 2.80 bits per heavy atom. The highest BCUT2D eigenvalue weighted by molar-refractivity contribution is 7.84. The first-order valence-electron chi connectivity index (χ1n) is 7.52. The van der Waals surface area contributed by atoms with Crippen molar-refractivity contribution in [1.29, 1.82) is 0 Å². The lowest BCUT2D eigenvalue weighted by Gasteiger charge is -2.03. The number of furan rings is 1. The van der Waals surface area contributed by atoms with Crippen molar-refractivity contribution < 1.29 is 13.4 Å². The Kier molecular flexibility index (Phi) is 5.63. The van der Waals surface area contributed by atoms with Gasteiger partial charge in [-0.3, -0.25) is 14.0 Å². The van der Waals surface area contributed by atoms with E-state index in [1.165, 1.54) is 0 Å². The average Bonchev–Trinajstić information content (AvgIpc) is 3.09. The van der Waals surface area contributed by atoms with Gasteiger partial charge in [-0.1, -0.05) is 23.7 Å². The number of pyridine rings is 1. The molecular formula is C18H15ClN2O3S. The van der Waals surface area contributed by atoms with Gasteiger partial charge in [0.2, 0.25) is 0 Å². The van der Waals surface area contributed by atoms with Crippen LogP contribution in [-0.2, 0) is 23.1 Å². The van der Waals surface area contributed by atoms with E-state index in [2.05, 4.69) is 10.3 Å². The maximum absolute atomic E-state index is 12.3. The van der Waals surface area contributed by atoms with Gasteiger partial charge in [0.1, 0.15) is 5.76 Å². The number of rotatable bonds is 6. The SMILES string of the molecule is O=C(NCc1ccccn1)c1ccc(CS(=O)c2cccc(Cl)c2)o1. The number of hydrogen-bond donors (Lipinski definition) is 1. The van der Waals surface area contributed by atoms with E-state index in [1.54, 1.807) is 42.6 Å². The molecule has 0 saturated heterocycles. The zero-order valence-corrected chi connectivity index (χ0v) is 14.7. The van der Waals surface area contributed by atoms with Crippen molar-refractivity contribution in [3.63, 3.8) is 0 Å². The molecule has 0 spiro atoms. The minimum atomic E-state index is -1.30. The lowest BCUT2D eigenvalue weighted by molar-refractivity contribution is 0.0921. The Balaban J connectivity index is 1.60. The van der Waals surface area contributed by atoms with Crippen LogP contribution < -0.4 is 5.32 Å². The van der Waals surface area contributed by atoms with Crippen molar-refractivity contribution in [3.05, 3.63) is 83.0 Å². The molecule has 0 aliphatic carbocycles. The fourth-order valence-corrected chi connectivity index (χ4v) is 3.48. The zero-order chi connectivity index (χ0) is 17.6. The first-order chi connectivity index (χ1) is 12.1. The van der Waals surface area contributed by atoms with Crippen LogP contribution in [0.25, 0.3) is 0 Å². The maximum Gasteiger partial charge on any atom is 0.287 e. The summed E-state index contributed by atoms with van der Waals surface area (Å²) in [6.45, 7) is 0.310. The molecule has 2 heterocycles. The highest BCUT2D eigenvalue weighted by atomic mass is 35.5. The third kappa shape index (κ3) is 4.78. The highest BCUT2D eigenvalue weighted by Crippen LogP contribution is 2.18. The Bertz CT molecular complexity index is 896. The van der Waals surface area contributed by atoms with Crippen LogP contribution in [0.3, 0.4) is 0 Å². The normalized spacial score (nSPS) is 11.9. The fraction of sp³-hybridized carbons (Fsp3) is 0.111. The summed E-state index contributed by atoms with van der Waals surface area (Å²) in [4.78, 5) is 16.9. The third-order valence-corrected chi connectivity index (χ3v) is 4.94. The summed E-state index contributed by atoms with van der Waals surface area (Å²) in [5.41, 5.74) is 0.754. The summed E-state index contributed by atoms with van der Waals surface area (Å²) < 4.78 is 17.8. The Morgan fingerprint density at radius 2 is 2.04 bits per heavy atom. The molecule has 1 atom stereocenters. The summed E-state index contributed by atoms with van der Waals surface area (Å²) in [7, 11) is -1.30. The van der Waals surface area contributed by atoms with E-state index < -0.39 is 10.8 Å². The number of benzene rings is 1. The molecule has 0 radical (unpaired) electrons.